The number of hydrogen-bond donors (Lipinski definition) is 0. The third kappa shape index (κ3) is 2.32. The highest BCUT2D eigenvalue weighted by molar-refractivity contribution is 6.78. The van der Waals surface area contributed by atoms with Crippen molar-refractivity contribution in [1.29, 1.82) is 0 Å². The molecule has 1 aliphatic heterocycles. The Bertz CT molecular complexity index is 333. The number of nitrogens with zero attached hydrogens (tertiary/aromatic N) is 1. The maximum Gasteiger partial charge on any atom is 0.0514 e. The SMILES string of the molecule is C[C@H]1C[Si](C)(C)C[C@H](C)N1c1ccccc1. The van der Waals surface area contributed by atoms with Crippen LogP contribution in [0.3, 0.4) is 0 Å². The first-order valence-corrected chi connectivity index (χ1v) is 9.74. The van der Waals surface area contributed by atoms with Crippen molar-refractivity contribution in [1.82, 2.24) is 0 Å². The molecule has 0 saturated carbocycles. The van der Waals surface area contributed by atoms with Gasteiger partial charge in [-0.1, -0.05) is 31.3 Å². The molecule has 0 spiro atoms. The van der Waals surface area contributed by atoms with Gasteiger partial charge in [-0.3, -0.25) is 0 Å². The molecule has 1 nitrogen and oxygen atoms in total. The first-order chi connectivity index (χ1) is 7.49. The minimum atomic E-state index is -0.933. The van der Waals surface area contributed by atoms with Crippen LogP contribution in [-0.2, 0) is 0 Å². The molecule has 1 fully saturated rings. The van der Waals surface area contributed by atoms with Gasteiger partial charge in [-0.05, 0) is 38.1 Å². The van der Waals surface area contributed by atoms with Crippen LogP contribution in [0.1, 0.15) is 13.8 Å². The van der Waals surface area contributed by atoms with Gasteiger partial charge in [0.05, 0.1) is 8.07 Å². The van der Waals surface area contributed by atoms with Crippen LogP contribution < -0.4 is 4.90 Å². The quantitative estimate of drug-likeness (QED) is 0.663. The Morgan fingerprint density at radius 1 is 1.00 bits per heavy atom. The number of para-hydroxylation sites is 1. The second kappa shape index (κ2) is 4.25. The van der Waals surface area contributed by atoms with E-state index in [0.717, 1.165) is 0 Å². The van der Waals surface area contributed by atoms with E-state index in [9.17, 15) is 0 Å². The molecule has 1 heterocycles. The van der Waals surface area contributed by atoms with E-state index in [1.807, 2.05) is 0 Å². The normalized spacial score (nSPS) is 29.1. The highest BCUT2D eigenvalue weighted by atomic mass is 28.3. The van der Waals surface area contributed by atoms with E-state index in [4.69, 9.17) is 0 Å². The Balaban J connectivity index is 2.23. The minimum absolute atomic E-state index is 0.702. The molecule has 0 radical (unpaired) electrons. The molecule has 88 valence electrons. The molecule has 1 aromatic rings. The van der Waals surface area contributed by atoms with E-state index >= 15 is 0 Å². The van der Waals surface area contributed by atoms with Gasteiger partial charge in [-0.15, -0.1) is 0 Å². The molecule has 0 bridgehead atoms. The molecule has 1 saturated heterocycles. The van der Waals surface area contributed by atoms with Gasteiger partial charge in [0.25, 0.3) is 0 Å². The van der Waals surface area contributed by atoms with Crippen molar-refractivity contribution in [3.05, 3.63) is 30.3 Å². The summed E-state index contributed by atoms with van der Waals surface area (Å²) in [6.45, 7) is 9.83. The fraction of sp³-hybridized carbons (Fsp3) is 0.571. The van der Waals surface area contributed by atoms with Crippen molar-refractivity contribution < 1.29 is 0 Å². The highest BCUT2D eigenvalue weighted by Crippen LogP contribution is 2.34. The van der Waals surface area contributed by atoms with Gasteiger partial charge >= 0.3 is 0 Å². The predicted molar refractivity (Wildman–Crippen MR) is 74.9 cm³/mol. The summed E-state index contributed by atoms with van der Waals surface area (Å²) in [7, 11) is -0.933. The number of rotatable bonds is 1. The van der Waals surface area contributed by atoms with Gasteiger partial charge < -0.3 is 4.90 Å². The lowest BCUT2D eigenvalue weighted by atomic mass is 10.1. The Labute approximate surface area is 100 Å². The first-order valence-electron chi connectivity index (χ1n) is 6.33. The molecular formula is C14H23NSi. The second-order valence-corrected chi connectivity index (χ2v) is 11.2. The molecule has 2 atom stereocenters. The van der Waals surface area contributed by atoms with E-state index in [1.54, 1.807) is 0 Å². The van der Waals surface area contributed by atoms with E-state index in [2.05, 4.69) is 62.2 Å². The van der Waals surface area contributed by atoms with Gasteiger partial charge in [0.2, 0.25) is 0 Å². The summed E-state index contributed by atoms with van der Waals surface area (Å²) in [5.74, 6) is 0. The van der Waals surface area contributed by atoms with Gasteiger partial charge in [0.15, 0.2) is 0 Å². The zero-order chi connectivity index (χ0) is 11.8. The van der Waals surface area contributed by atoms with Crippen molar-refractivity contribution in [2.24, 2.45) is 0 Å². The molecule has 0 unspecified atom stereocenters. The summed E-state index contributed by atoms with van der Waals surface area (Å²) in [6, 6.07) is 15.1. The smallest absolute Gasteiger partial charge is 0.0514 e. The summed E-state index contributed by atoms with van der Waals surface area (Å²) in [4.78, 5) is 2.61. The molecule has 1 aromatic carbocycles. The maximum atomic E-state index is 2.61. The molecule has 2 rings (SSSR count). The molecule has 0 amide bonds. The van der Waals surface area contributed by atoms with Crippen LogP contribution in [0, 0.1) is 0 Å². The van der Waals surface area contributed by atoms with Gasteiger partial charge in [-0.25, -0.2) is 0 Å². The fourth-order valence-corrected chi connectivity index (χ4v) is 7.18. The summed E-state index contributed by atoms with van der Waals surface area (Å²) >= 11 is 0. The summed E-state index contributed by atoms with van der Waals surface area (Å²) in [5, 5.41) is 0. The van der Waals surface area contributed by atoms with Crippen LogP contribution in [0.5, 0.6) is 0 Å². The zero-order valence-electron chi connectivity index (χ0n) is 10.9. The van der Waals surface area contributed by atoms with Gasteiger partial charge in [0, 0.05) is 17.8 Å². The van der Waals surface area contributed by atoms with Crippen molar-refractivity contribution in [2.75, 3.05) is 4.90 Å². The highest BCUT2D eigenvalue weighted by Gasteiger charge is 2.36. The van der Waals surface area contributed by atoms with Crippen LogP contribution in [-0.4, -0.2) is 20.2 Å². The number of hydrogen-bond acceptors (Lipinski definition) is 1. The summed E-state index contributed by atoms with van der Waals surface area (Å²) in [6.07, 6.45) is 0. The van der Waals surface area contributed by atoms with Crippen LogP contribution in [0.4, 0.5) is 5.69 Å². The Hall–Kier alpha value is -0.763. The van der Waals surface area contributed by atoms with Crippen LogP contribution in [0.25, 0.3) is 0 Å². The van der Waals surface area contributed by atoms with E-state index < -0.39 is 8.07 Å². The van der Waals surface area contributed by atoms with E-state index in [0.29, 0.717) is 12.1 Å². The van der Waals surface area contributed by atoms with Crippen molar-refractivity contribution in [2.45, 2.75) is 51.1 Å². The van der Waals surface area contributed by atoms with Gasteiger partial charge in [-0.2, -0.15) is 0 Å². The third-order valence-corrected chi connectivity index (χ3v) is 7.09. The van der Waals surface area contributed by atoms with Crippen LogP contribution in [0.15, 0.2) is 30.3 Å². The number of benzene rings is 1. The van der Waals surface area contributed by atoms with Crippen molar-refractivity contribution in [3.63, 3.8) is 0 Å². The molecule has 2 heteroatoms. The lowest BCUT2D eigenvalue weighted by Crippen LogP contribution is -2.53. The Kier molecular flexibility index (Phi) is 3.11. The van der Waals surface area contributed by atoms with E-state index in [1.165, 1.54) is 17.8 Å². The van der Waals surface area contributed by atoms with Gasteiger partial charge in [0.1, 0.15) is 0 Å². The monoisotopic (exact) mass is 233 g/mol. The average Bonchev–Trinajstić information content (AvgIpc) is 2.16. The van der Waals surface area contributed by atoms with Crippen molar-refractivity contribution >= 4 is 13.8 Å². The number of anilines is 1. The molecule has 16 heavy (non-hydrogen) atoms. The minimum Gasteiger partial charge on any atom is -0.367 e. The second-order valence-electron chi connectivity index (χ2n) is 6.01. The molecule has 1 aliphatic rings. The molecule has 0 aromatic heterocycles. The molecule has 0 aliphatic carbocycles. The van der Waals surface area contributed by atoms with E-state index in [-0.39, 0.29) is 0 Å². The summed E-state index contributed by atoms with van der Waals surface area (Å²) in [5.41, 5.74) is 1.40. The standard InChI is InChI=1S/C14H23NSi/c1-12-10-16(3,4)11-13(2)15(12)14-8-6-5-7-9-14/h5-9,12-13H,10-11H2,1-4H3/t12-,13-/m0/s1. The van der Waals surface area contributed by atoms with Crippen molar-refractivity contribution in [3.8, 4) is 0 Å². The topological polar surface area (TPSA) is 3.24 Å². The first kappa shape index (κ1) is 11.7. The van der Waals surface area contributed by atoms with Crippen LogP contribution in [0.2, 0.25) is 25.2 Å². The third-order valence-electron chi connectivity index (χ3n) is 3.70. The maximum absolute atomic E-state index is 2.61. The predicted octanol–water partition coefficient (Wildman–Crippen LogP) is 3.99. The molecular weight excluding hydrogens is 210 g/mol. The largest absolute Gasteiger partial charge is 0.367 e. The molecule has 0 N–H and O–H groups in total. The zero-order valence-corrected chi connectivity index (χ0v) is 11.9. The fourth-order valence-electron chi connectivity index (χ4n) is 3.42. The Morgan fingerprint density at radius 2 is 1.50 bits per heavy atom. The summed E-state index contributed by atoms with van der Waals surface area (Å²) < 4.78 is 0. The van der Waals surface area contributed by atoms with Crippen LogP contribution >= 0.6 is 0 Å². The average molecular weight is 233 g/mol. The Morgan fingerprint density at radius 3 is 2.00 bits per heavy atom. The lowest BCUT2D eigenvalue weighted by molar-refractivity contribution is 0.568. The lowest BCUT2D eigenvalue weighted by Gasteiger charge is -2.47.